The van der Waals surface area contributed by atoms with Gasteiger partial charge in [-0.15, -0.1) is 11.3 Å². The third-order valence-electron chi connectivity index (χ3n) is 7.02. The van der Waals surface area contributed by atoms with Crippen LogP contribution in [0.1, 0.15) is 18.7 Å². The van der Waals surface area contributed by atoms with E-state index in [2.05, 4.69) is 9.71 Å². The predicted molar refractivity (Wildman–Crippen MR) is 155 cm³/mol. The number of fused-ring (bicyclic) bond motifs is 1. The molecule has 2 aliphatic rings. The molecule has 2 unspecified atom stereocenters. The van der Waals surface area contributed by atoms with E-state index in [1.54, 1.807) is 41.2 Å². The van der Waals surface area contributed by atoms with Crippen molar-refractivity contribution in [3.05, 3.63) is 71.5 Å². The number of hydrogen-bond acceptors (Lipinski definition) is 7. The summed E-state index contributed by atoms with van der Waals surface area (Å²) < 4.78 is 60.0. The maximum absolute atomic E-state index is 15.3. The van der Waals surface area contributed by atoms with Gasteiger partial charge in [0.05, 0.1) is 12.2 Å². The molecular formula is C27H26ClF2N5O5S2. The quantitative estimate of drug-likeness (QED) is 0.291. The van der Waals surface area contributed by atoms with Crippen molar-refractivity contribution in [3.63, 3.8) is 0 Å². The van der Waals surface area contributed by atoms with Gasteiger partial charge in [0, 0.05) is 53.5 Å². The molecule has 15 heteroatoms. The number of nitrogens with zero attached hydrogens (tertiary/aromatic N) is 4. The highest BCUT2D eigenvalue weighted by Gasteiger charge is 2.37. The van der Waals surface area contributed by atoms with Crippen molar-refractivity contribution < 1.29 is 31.9 Å². The molecule has 2 saturated heterocycles. The van der Waals surface area contributed by atoms with E-state index >= 15 is 4.39 Å². The molecular weight excluding hydrogens is 612 g/mol. The third-order valence-corrected chi connectivity index (χ3v) is 10.3. The van der Waals surface area contributed by atoms with Crippen molar-refractivity contribution in [1.82, 2.24) is 19.2 Å². The van der Waals surface area contributed by atoms with Gasteiger partial charge in [0.15, 0.2) is 0 Å². The summed E-state index contributed by atoms with van der Waals surface area (Å²) in [6, 6.07) is 10.1. The van der Waals surface area contributed by atoms with E-state index < -0.39 is 34.0 Å². The molecule has 2 fully saturated rings. The summed E-state index contributed by atoms with van der Waals surface area (Å²) in [5.41, 5.74) is 0.594. The average Bonchev–Trinajstić information content (AvgIpc) is 3.73. The van der Waals surface area contributed by atoms with Crippen LogP contribution in [0.2, 0.25) is 5.02 Å². The van der Waals surface area contributed by atoms with E-state index in [4.69, 9.17) is 21.5 Å². The molecule has 2 aromatic carbocycles. The first-order chi connectivity index (χ1) is 20.1. The van der Waals surface area contributed by atoms with Gasteiger partial charge in [-0.05, 0) is 48.6 Å². The molecule has 222 valence electrons. The van der Waals surface area contributed by atoms with E-state index in [9.17, 15) is 17.6 Å². The van der Waals surface area contributed by atoms with Crippen LogP contribution in [0.25, 0.3) is 15.8 Å². The number of benzene rings is 2. The van der Waals surface area contributed by atoms with Gasteiger partial charge in [-0.2, -0.15) is 4.72 Å². The predicted octanol–water partition coefficient (Wildman–Crippen LogP) is 4.21. The van der Waals surface area contributed by atoms with Crippen LogP contribution >= 0.6 is 22.9 Å². The number of thiophene rings is 1. The lowest BCUT2D eigenvalue weighted by molar-refractivity contribution is -0.123. The van der Waals surface area contributed by atoms with Gasteiger partial charge in [-0.1, -0.05) is 17.7 Å². The molecule has 6 rings (SSSR count). The molecule has 2 N–H and O–H groups in total. The Balaban J connectivity index is 0.00000113. The number of carbonyl (C=O) groups is 2. The molecule has 0 aliphatic carbocycles. The van der Waals surface area contributed by atoms with Crippen molar-refractivity contribution in [1.29, 1.82) is 0 Å². The second-order valence-corrected chi connectivity index (χ2v) is 13.2. The minimum atomic E-state index is -3.98. The second-order valence-electron chi connectivity index (χ2n) is 9.78. The first kappa shape index (κ1) is 30.0. The van der Waals surface area contributed by atoms with Gasteiger partial charge >= 0.3 is 0 Å². The van der Waals surface area contributed by atoms with Crippen molar-refractivity contribution in [2.24, 2.45) is 0 Å². The Morgan fingerprint density at radius 3 is 2.67 bits per heavy atom. The zero-order valence-electron chi connectivity index (χ0n) is 22.0. The number of sulfonamides is 1. The maximum atomic E-state index is 15.3. The summed E-state index contributed by atoms with van der Waals surface area (Å²) in [5, 5.41) is 8.13. The van der Waals surface area contributed by atoms with Crippen molar-refractivity contribution in [2.75, 3.05) is 24.5 Å². The van der Waals surface area contributed by atoms with Crippen LogP contribution in [0, 0.1) is 5.82 Å². The van der Waals surface area contributed by atoms with Gasteiger partial charge in [-0.3, -0.25) is 14.5 Å². The average molecular weight is 638 g/mol. The van der Waals surface area contributed by atoms with Gasteiger partial charge in [0.2, 0.25) is 5.91 Å². The molecule has 2 atom stereocenters. The molecule has 0 spiro atoms. The zero-order chi connectivity index (χ0) is 30.0. The minimum absolute atomic E-state index is 0.0726. The standard InChI is InChI=1S/C26H24ClF2N5O3S2.CH2O2/c27-17-2-1-16-11-25(38-23(16)12-17)39(36,37)31-21-6-9-34(26(21)35)22-4-3-19(13-20(22)29)33-10-7-30-24(33)15-32-8-5-18(28)14-32;2-1-3/h1-4,7,10-13,18,21,31H,5-6,8-9,14-15H2;1H,(H,2,3). The molecule has 0 radical (unpaired) electrons. The SMILES string of the molecule is O=C1C(NS(=O)(=O)c2cc3ccc(Cl)cc3s2)CCN1c1ccc(-n2ccnc2CN2CCC(F)C2)cc1F.O=CO. The van der Waals surface area contributed by atoms with Crippen molar-refractivity contribution >= 4 is 61.1 Å². The summed E-state index contributed by atoms with van der Waals surface area (Å²) in [7, 11) is -3.98. The molecule has 1 amide bonds. The largest absolute Gasteiger partial charge is 0.483 e. The Hall–Kier alpha value is -3.43. The van der Waals surface area contributed by atoms with Gasteiger partial charge < -0.3 is 14.6 Å². The topological polar surface area (TPSA) is 125 Å². The Kier molecular flexibility index (Phi) is 8.89. The smallest absolute Gasteiger partial charge is 0.290 e. The number of imidazole rings is 1. The maximum Gasteiger partial charge on any atom is 0.290 e. The third kappa shape index (κ3) is 6.32. The van der Waals surface area contributed by atoms with Crippen LogP contribution in [0.15, 0.2) is 59.1 Å². The fourth-order valence-electron chi connectivity index (χ4n) is 5.07. The van der Waals surface area contributed by atoms with Crippen molar-refractivity contribution in [2.45, 2.75) is 35.8 Å². The van der Waals surface area contributed by atoms with Crippen LogP contribution in [0.3, 0.4) is 0 Å². The Bertz CT molecular complexity index is 1730. The molecule has 0 bridgehead atoms. The lowest BCUT2D eigenvalue weighted by atomic mass is 10.2. The zero-order valence-corrected chi connectivity index (χ0v) is 24.4. The number of carboxylic acid groups (broad SMARTS) is 1. The second kappa shape index (κ2) is 12.4. The van der Waals surface area contributed by atoms with Crippen LogP contribution in [0.5, 0.6) is 0 Å². The number of aromatic nitrogens is 2. The van der Waals surface area contributed by atoms with Gasteiger partial charge in [0.1, 0.15) is 28.1 Å². The van der Waals surface area contributed by atoms with Gasteiger partial charge in [0.25, 0.3) is 16.5 Å². The highest BCUT2D eigenvalue weighted by molar-refractivity contribution is 7.91. The number of amides is 1. The highest BCUT2D eigenvalue weighted by Crippen LogP contribution is 2.32. The summed E-state index contributed by atoms with van der Waals surface area (Å²) >= 11 is 7.08. The highest BCUT2D eigenvalue weighted by atomic mass is 35.5. The minimum Gasteiger partial charge on any atom is -0.483 e. The summed E-state index contributed by atoms with van der Waals surface area (Å²) in [5.74, 6) is -0.477. The van der Waals surface area contributed by atoms with Crippen LogP contribution in [-0.4, -0.2) is 72.2 Å². The molecule has 4 heterocycles. The number of anilines is 1. The summed E-state index contributed by atoms with van der Waals surface area (Å²) in [4.78, 5) is 29.1. The van der Waals surface area contributed by atoms with Gasteiger partial charge in [-0.25, -0.2) is 22.2 Å². The lowest BCUT2D eigenvalue weighted by Crippen LogP contribution is -2.41. The number of carbonyl (C=O) groups excluding carboxylic acids is 1. The number of alkyl halides is 1. The number of nitrogens with one attached hydrogen (secondary N) is 1. The van der Waals surface area contributed by atoms with E-state index in [0.29, 0.717) is 42.6 Å². The van der Waals surface area contributed by atoms with E-state index in [1.165, 1.54) is 23.1 Å². The molecule has 42 heavy (non-hydrogen) atoms. The Morgan fingerprint density at radius 2 is 1.95 bits per heavy atom. The molecule has 4 aromatic rings. The first-order valence-electron chi connectivity index (χ1n) is 12.9. The normalized spacial score (nSPS) is 19.3. The monoisotopic (exact) mass is 637 g/mol. The number of halogens is 3. The number of rotatable bonds is 7. The molecule has 0 saturated carbocycles. The summed E-state index contributed by atoms with van der Waals surface area (Å²) in [6.45, 7) is 1.34. The van der Waals surface area contributed by atoms with E-state index in [-0.39, 0.29) is 29.3 Å². The van der Waals surface area contributed by atoms with Crippen LogP contribution in [-0.2, 0) is 26.2 Å². The lowest BCUT2D eigenvalue weighted by Gasteiger charge is -2.19. The Labute approximate surface area is 249 Å². The molecule has 10 nitrogen and oxygen atoms in total. The Morgan fingerprint density at radius 1 is 1.17 bits per heavy atom. The summed E-state index contributed by atoms with van der Waals surface area (Å²) in [6.07, 6.45) is 3.16. The fraction of sp³-hybridized carbons (Fsp3) is 0.296. The first-order valence-corrected chi connectivity index (χ1v) is 15.6. The van der Waals surface area contributed by atoms with E-state index in [0.717, 1.165) is 21.4 Å². The van der Waals surface area contributed by atoms with Crippen molar-refractivity contribution in [3.8, 4) is 5.69 Å². The molecule has 2 aromatic heterocycles. The van der Waals surface area contributed by atoms with Crippen LogP contribution in [0.4, 0.5) is 14.5 Å². The van der Waals surface area contributed by atoms with E-state index in [1.807, 2.05) is 4.90 Å². The number of hydrogen-bond donors (Lipinski definition) is 2. The molecule has 2 aliphatic heterocycles. The number of likely N-dealkylation sites (tertiary alicyclic amines) is 1. The van der Waals surface area contributed by atoms with Crippen LogP contribution < -0.4 is 9.62 Å². The fourth-order valence-corrected chi connectivity index (χ4v) is 7.98.